The summed E-state index contributed by atoms with van der Waals surface area (Å²) in [6, 6.07) is 0. The first-order valence-corrected chi connectivity index (χ1v) is 8.40. The molecule has 0 unspecified atom stereocenters. The van der Waals surface area contributed by atoms with Crippen molar-refractivity contribution in [3.63, 3.8) is 0 Å². The lowest BCUT2D eigenvalue weighted by atomic mass is 9.95. The predicted molar refractivity (Wildman–Crippen MR) is 95.5 cm³/mol. The van der Waals surface area contributed by atoms with E-state index in [1.54, 1.807) is 22.8 Å². The highest BCUT2D eigenvalue weighted by atomic mass is 19.3. The molecule has 0 aliphatic carbocycles. The average Bonchev–Trinajstić information content (AvgIpc) is 3.08. The lowest BCUT2D eigenvalue weighted by Gasteiger charge is -2.22. The molecule has 8 nitrogen and oxygen atoms in total. The zero-order valence-corrected chi connectivity index (χ0v) is 15.4. The summed E-state index contributed by atoms with van der Waals surface area (Å²) in [5.74, 6) is 4.04. The zero-order valence-electron chi connectivity index (χ0n) is 15.4. The first-order valence-electron chi connectivity index (χ1n) is 8.40. The summed E-state index contributed by atoms with van der Waals surface area (Å²) >= 11 is 0. The molecule has 0 radical (unpaired) electrons. The first-order chi connectivity index (χ1) is 12.0. The van der Waals surface area contributed by atoms with Gasteiger partial charge in [-0.1, -0.05) is 20.8 Å². The monoisotopic (exact) mass is 366 g/mol. The van der Waals surface area contributed by atoms with E-state index in [-0.39, 0.29) is 37.3 Å². The maximum atomic E-state index is 13.7. The summed E-state index contributed by atoms with van der Waals surface area (Å²) in [6.45, 7) is 5.89. The molecule has 3 rings (SSSR count). The van der Waals surface area contributed by atoms with Gasteiger partial charge in [-0.25, -0.2) is 29.3 Å². The molecule has 1 aliphatic rings. The van der Waals surface area contributed by atoms with Crippen LogP contribution in [0.25, 0.3) is 11.0 Å². The van der Waals surface area contributed by atoms with Gasteiger partial charge in [-0.2, -0.15) is 5.10 Å². The number of likely N-dealkylation sites (N-methyl/N-ethyl adjacent to an activating group) is 1. The summed E-state index contributed by atoms with van der Waals surface area (Å²) in [4.78, 5) is 10.8. The second-order valence-corrected chi connectivity index (χ2v) is 7.75. The number of halogens is 2. The number of hydrogen-bond donors (Lipinski definition) is 2. The molecule has 1 saturated heterocycles. The fourth-order valence-corrected chi connectivity index (χ4v) is 2.80. The molecule has 0 saturated carbocycles. The van der Waals surface area contributed by atoms with Gasteiger partial charge in [0.05, 0.1) is 18.1 Å². The van der Waals surface area contributed by atoms with E-state index in [2.05, 4.69) is 15.1 Å². The number of hydrogen-bond acceptors (Lipinski definition) is 6. The highest BCUT2D eigenvalue weighted by Gasteiger charge is 2.40. The van der Waals surface area contributed by atoms with Gasteiger partial charge in [0.15, 0.2) is 5.65 Å². The molecule has 10 heteroatoms. The van der Waals surface area contributed by atoms with Gasteiger partial charge in [0, 0.05) is 25.4 Å². The number of nitrogens with two attached hydrogens (primary N) is 1. The first kappa shape index (κ1) is 18.4. The molecule has 142 valence electrons. The van der Waals surface area contributed by atoms with Crippen molar-refractivity contribution in [1.29, 1.82) is 5.41 Å². The number of rotatable bonds is 3. The van der Waals surface area contributed by atoms with E-state index in [0.29, 0.717) is 22.7 Å². The highest BCUT2D eigenvalue weighted by Crippen LogP contribution is 2.34. The maximum absolute atomic E-state index is 13.7. The normalized spacial score (nSPS) is 17.1. The van der Waals surface area contributed by atoms with Gasteiger partial charge in [-0.05, 0) is 0 Å². The molecular formula is C16H24F2N8. The summed E-state index contributed by atoms with van der Waals surface area (Å²) in [5.41, 5.74) is 0.153. The number of amidine groups is 1. The lowest BCUT2D eigenvalue weighted by molar-refractivity contribution is 0.0257. The van der Waals surface area contributed by atoms with E-state index in [1.165, 1.54) is 5.01 Å². The fraction of sp³-hybridized carbons (Fsp3) is 0.625. The topological polar surface area (TPSA) is 100.0 Å². The number of alkyl halides is 2. The van der Waals surface area contributed by atoms with Crippen molar-refractivity contribution in [2.24, 2.45) is 5.84 Å². The Hall–Kier alpha value is -2.36. The molecule has 26 heavy (non-hydrogen) atoms. The molecule has 3 N–H and O–H groups in total. The smallest absolute Gasteiger partial charge is 0.266 e. The third-order valence-electron chi connectivity index (χ3n) is 4.34. The third-order valence-corrected chi connectivity index (χ3v) is 4.34. The number of anilines is 1. The highest BCUT2D eigenvalue weighted by molar-refractivity contribution is 5.88. The van der Waals surface area contributed by atoms with Crippen LogP contribution in [0.3, 0.4) is 0 Å². The van der Waals surface area contributed by atoms with E-state index >= 15 is 0 Å². The van der Waals surface area contributed by atoms with Gasteiger partial charge in [-0.3, -0.25) is 5.41 Å². The molecule has 1 fully saturated rings. The molecule has 0 spiro atoms. The number of aromatic nitrogens is 4. The quantitative estimate of drug-likeness (QED) is 0.372. The molecule has 2 aromatic rings. The van der Waals surface area contributed by atoms with E-state index in [0.717, 1.165) is 0 Å². The molecule has 0 aromatic carbocycles. The Morgan fingerprint density at radius 3 is 2.62 bits per heavy atom. The second-order valence-electron chi connectivity index (χ2n) is 7.75. The Bertz CT molecular complexity index is 837. The number of nitrogens with zero attached hydrogens (tertiary/aromatic N) is 6. The van der Waals surface area contributed by atoms with Crippen molar-refractivity contribution in [2.45, 2.75) is 45.1 Å². The Kier molecular flexibility index (Phi) is 4.33. The summed E-state index contributed by atoms with van der Waals surface area (Å²) < 4.78 is 29.0. The van der Waals surface area contributed by atoms with Crippen molar-refractivity contribution in [3.05, 3.63) is 12.0 Å². The van der Waals surface area contributed by atoms with Gasteiger partial charge in [0.2, 0.25) is 0 Å². The number of fused-ring (bicyclic) bond motifs is 1. The molecule has 0 atom stereocenters. The van der Waals surface area contributed by atoms with Crippen molar-refractivity contribution in [2.75, 3.05) is 25.0 Å². The summed E-state index contributed by atoms with van der Waals surface area (Å²) in [7, 11) is 1.57. The van der Waals surface area contributed by atoms with Gasteiger partial charge in [0.1, 0.15) is 24.0 Å². The van der Waals surface area contributed by atoms with Crippen LogP contribution in [0.1, 0.15) is 33.0 Å². The molecule has 1 aliphatic heterocycles. The Balaban J connectivity index is 2.12. The minimum Gasteiger partial charge on any atom is -0.350 e. The van der Waals surface area contributed by atoms with E-state index in [9.17, 15) is 8.78 Å². The van der Waals surface area contributed by atoms with Gasteiger partial charge >= 0.3 is 0 Å². The minimum absolute atomic E-state index is 0.132. The SMILES string of the molecule is CN(N)C(=N)Cn1ncc2c(N3CCC(F)(F)C3)nc(C(C)(C)C)nc21. The van der Waals surface area contributed by atoms with Gasteiger partial charge < -0.3 is 9.91 Å². The summed E-state index contributed by atoms with van der Waals surface area (Å²) in [6.07, 6.45) is 1.37. The lowest BCUT2D eigenvalue weighted by Crippen LogP contribution is -2.35. The van der Waals surface area contributed by atoms with E-state index in [1.807, 2.05) is 20.8 Å². The largest absolute Gasteiger partial charge is 0.350 e. The molecular weight excluding hydrogens is 342 g/mol. The minimum atomic E-state index is -2.72. The van der Waals surface area contributed by atoms with Crippen molar-refractivity contribution < 1.29 is 8.78 Å². The molecule has 3 heterocycles. The van der Waals surface area contributed by atoms with Crippen LogP contribution in [0.4, 0.5) is 14.6 Å². The predicted octanol–water partition coefficient (Wildman–Crippen LogP) is 1.75. The van der Waals surface area contributed by atoms with Gasteiger partial charge in [-0.15, -0.1) is 0 Å². The number of hydrazine groups is 1. The van der Waals surface area contributed by atoms with Gasteiger partial charge in [0.25, 0.3) is 5.92 Å². The van der Waals surface area contributed by atoms with Crippen molar-refractivity contribution >= 4 is 22.7 Å². The third kappa shape index (κ3) is 3.46. The Morgan fingerprint density at radius 2 is 2.08 bits per heavy atom. The number of nitrogens with one attached hydrogen (secondary N) is 1. The average molecular weight is 366 g/mol. The van der Waals surface area contributed by atoms with Crippen LogP contribution in [0.2, 0.25) is 0 Å². The maximum Gasteiger partial charge on any atom is 0.266 e. The van der Waals surface area contributed by atoms with Crippen LogP contribution in [0, 0.1) is 5.41 Å². The zero-order chi connectivity index (χ0) is 19.3. The van der Waals surface area contributed by atoms with E-state index < -0.39 is 5.92 Å². The molecule has 0 amide bonds. The van der Waals surface area contributed by atoms with Crippen LogP contribution in [0.5, 0.6) is 0 Å². The van der Waals surface area contributed by atoms with E-state index in [4.69, 9.17) is 11.3 Å². The summed E-state index contributed by atoms with van der Waals surface area (Å²) in [5, 5.41) is 14.0. The van der Waals surface area contributed by atoms with Crippen LogP contribution in [0.15, 0.2) is 6.20 Å². The van der Waals surface area contributed by atoms with Crippen LogP contribution in [-0.4, -0.2) is 56.7 Å². The Labute approximate surface area is 150 Å². The van der Waals surface area contributed by atoms with Crippen LogP contribution in [-0.2, 0) is 12.0 Å². The molecule has 0 bridgehead atoms. The van der Waals surface area contributed by atoms with Crippen LogP contribution >= 0.6 is 0 Å². The second kappa shape index (κ2) is 6.11. The fourth-order valence-electron chi connectivity index (χ4n) is 2.80. The van der Waals surface area contributed by atoms with Crippen molar-refractivity contribution in [3.8, 4) is 0 Å². The standard InChI is InChI=1S/C16H24F2N8/c1-15(2,3)14-22-12(25-6-5-16(17,18)9-25)10-7-21-26(13(10)23-14)8-11(19)24(4)20/h7,19H,5-6,8-9,20H2,1-4H3. The van der Waals surface area contributed by atoms with Crippen molar-refractivity contribution in [1.82, 2.24) is 24.8 Å². The van der Waals surface area contributed by atoms with Crippen LogP contribution < -0.4 is 10.7 Å². The Morgan fingerprint density at radius 1 is 1.38 bits per heavy atom. The molecule has 2 aromatic heterocycles.